The summed E-state index contributed by atoms with van der Waals surface area (Å²) >= 11 is 0. The summed E-state index contributed by atoms with van der Waals surface area (Å²) < 4.78 is 4.96. The van der Waals surface area contributed by atoms with Gasteiger partial charge in [0.25, 0.3) is 5.91 Å². The Balaban J connectivity index is 0.00000841. The number of nitrogens with one attached hydrogen (secondary N) is 3. The SMILES string of the molecule is CC(C)(C)OC(=O)NOCC(=O)NCCN(CCN[C-]=O)C(=O)c1ccccc1.[Fm]. The molecule has 0 heterocycles. The molecule has 0 saturated carbocycles. The number of ether oxygens (including phenoxy) is 1. The number of hydroxylamine groups is 1. The molecular formula is C19H27FmN4O6-. The molecule has 0 unspecified atom stereocenters. The van der Waals surface area contributed by atoms with Gasteiger partial charge in [0.2, 0.25) is 5.91 Å². The second-order valence-corrected chi connectivity index (χ2v) is 6.93. The standard InChI is InChI=1S/C19H27N4O6.Fm/c1-19(2,3)29-18(27)22-28-13-16(25)21-10-12-23(11-9-20-14-24)17(26)15-7-5-4-6-8-15;/h4-8H,9-13H2,1-3H3,(H,20,24)(H,21,25)(H,22,27);/q-1;. The van der Waals surface area contributed by atoms with Crippen LogP contribution in [0.15, 0.2) is 30.3 Å². The van der Waals surface area contributed by atoms with Crippen LogP contribution in [0.1, 0.15) is 31.1 Å². The third-order valence-corrected chi connectivity index (χ3v) is 3.35. The van der Waals surface area contributed by atoms with Crippen molar-refractivity contribution in [2.45, 2.75) is 26.4 Å². The van der Waals surface area contributed by atoms with Gasteiger partial charge in [0, 0.05) is 31.7 Å². The summed E-state index contributed by atoms with van der Waals surface area (Å²) in [6.45, 7) is 5.57. The van der Waals surface area contributed by atoms with Gasteiger partial charge in [-0.2, -0.15) is 11.9 Å². The van der Waals surface area contributed by atoms with Crippen LogP contribution in [0.25, 0.3) is 0 Å². The van der Waals surface area contributed by atoms with E-state index in [0.717, 1.165) is 0 Å². The number of amides is 4. The van der Waals surface area contributed by atoms with Crippen LogP contribution in [0.5, 0.6) is 0 Å². The van der Waals surface area contributed by atoms with Crippen molar-refractivity contribution in [2.24, 2.45) is 0 Å². The van der Waals surface area contributed by atoms with E-state index in [1.807, 2.05) is 5.48 Å². The third kappa shape index (κ3) is 10.9. The molecule has 0 aliphatic rings. The molecule has 1 aromatic carbocycles. The number of benzene rings is 1. The largest absolute Gasteiger partial charge is 0.528 e. The third-order valence-electron chi connectivity index (χ3n) is 3.35. The van der Waals surface area contributed by atoms with Crippen molar-refractivity contribution >= 4 is 24.3 Å². The molecule has 30 heavy (non-hydrogen) atoms. The Morgan fingerprint density at radius 1 is 1.07 bits per heavy atom. The molecule has 3 N–H and O–H groups in total. The Morgan fingerprint density at radius 3 is 2.30 bits per heavy atom. The van der Waals surface area contributed by atoms with Gasteiger partial charge in [0.1, 0.15) is 5.60 Å². The predicted octanol–water partition coefficient (Wildman–Crippen LogP) is 0.358. The van der Waals surface area contributed by atoms with Crippen LogP contribution in [0.3, 0.4) is 0 Å². The maximum Gasteiger partial charge on any atom is 0.431 e. The Bertz CT molecular complexity index is 681. The summed E-state index contributed by atoms with van der Waals surface area (Å²) in [6.07, 6.45) is 0.752. The van der Waals surface area contributed by atoms with E-state index in [4.69, 9.17) is 9.57 Å². The van der Waals surface area contributed by atoms with Gasteiger partial charge in [0.15, 0.2) is 6.61 Å². The summed E-state index contributed by atoms with van der Waals surface area (Å²) in [5.41, 5.74) is 1.83. The molecule has 11 heteroatoms. The van der Waals surface area contributed by atoms with E-state index in [1.165, 1.54) is 4.90 Å². The molecule has 1 aromatic rings. The topological polar surface area (TPSA) is 126 Å². The van der Waals surface area contributed by atoms with Crippen LogP contribution in [0, 0.1) is 0 Å². The van der Waals surface area contributed by atoms with E-state index in [0.29, 0.717) is 5.56 Å². The Kier molecular flexibility index (Phi) is 11.3. The van der Waals surface area contributed by atoms with E-state index in [1.54, 1.807) is 57.5 Å². The first-order valence-corrected chi connectivity index (χ1v) is 9.04. The molecular weight excluding hydrogens is 637 g/mol. The zero-order valence-corrected chi connectivity index (χ0v) is 19.5. The normalized spacial score (nSPS) is 10.2. The summed E-state index contributed by atoms with van der Waals surface area (Å²) in [5, 5.41) is 4.96. The quantitative estimate of drug-likeness (QED) is 0.136. The van der Waals surface area contributed by atoms with Crippen molar-refractivity contribution in [3.05, 3.63) is 35.9 Å². The van der Waals surface area contributed by atoms with Crippen molar-refractivity contribution in [3.63, 3.8) is 0 Å². The molecule has 0 radical (unpaired) electrons. The molecule has 10 nitrogen and oxygen atoms in total. The zero-order chi connectivity index (χ0) is 21.7. The van der Waals surface area contributed by atoms with Gasteiger partial charge in [-0.3, -0.25) is 14.4 Å². The van der Waals surface area contributed by atoms with E-state index in [9.17, 15) is 19.2 Å². The number of carbonyl (C=O) groups excluding carboxylic acids is 4. The molecule has 0 atom stereocenters. The molecule has 172 valence electrons. The zero-order valence-electron chi connectivity index (χ0n) is 17.1. The second-order valence-electron chi connectivity index (χ2n) is 6.93. The number of hydrogen-bond acceptors (Lipinski definition) is 6. The Hall–Kier alpha value is -4.14. The van der Waals surface area contributed by atoms with E-state index < -0.39 is 24.2 Å². The van der Waals surface area contributed by atoms with Gasteiger partial charge in [-0.25, -0.2) is 4.79 Å². The number of hydrogen-bond donors (Lipinski definition) is 3. The summed E-state index contributed by atoms with van der Waals surface area (Å²) in [7, 11) is 0. The predicted molar refractivity (Wildman–Crippen MR) is 104 cm³/mol. The van der Waals surface area contributed by atoms with Gasteiger partial charge >= 0.3 is 6.09 Å². The monoisotopic (exact) mass is 664 g/mol. The number of rotatable bonds is 11. The van der Waals surface area contributed by atoms with E-state index in [-0.39, 0.29) is 32.1 Å². The molecule has 0 aliphatic carbocycles. The minimum atomic E-state index is -0.801. The Morgan fingerprint density at radius 2 is 1.70 bits per heavy atom. The maximum atomic E-state index is 12.6. The van der Waals surface area contributed by atoms with Crippen LogP contribution in [-0.4, -0.2) is 67.6 Å². The van der Waals surface area contributed by atoms with Crippen molar-refractivity contribution < 1.29 is 28.8 Å². The van der Waals surface area contributed by atoms with Crippen LogP contribution in [-0.2, 0) is 19.2 Å². The van der Waals surface area contributed by atoms with Crippen molar-refractivity contribution in [1.29, 1.82) is 0 Å². The first-order chi connectivity index (χ1) is 13.7. The van der Waals surface area contributed by atoms with Gasteiger partial charge in [-0.1, -0.05) is 18.2 Å². The molecule has 1 rings (SSSR count). The fourth-order valence-corrected chi connectivity index (χ4v) is 2.16. The Labute approximate surface area is 169 Å². The molecule has 0 aromatic heterocycles. The molecule has 4 amide bonds. The van der Waals surface area contributed by atoms with Gasteiger partial charge in [-0.05, 0) is 32.9 Å². The first-order valence-electron chi connectivity index (χ1n) is 9.04. The summed E-state index contributed by atoms with van der Waals surface area (Å²) in [6, 6.07) is 8.67. The molecule has 0 spiro atoms. The smallest absolute Gasteiger partial charge is 0.431 e. The fraction of sp³-hybridized carbons (Fsp3) is 0.474. The molecule has 0 saturated heterocycles. The van der Waals surface area contributed by atoms with Gasteiger partial charge in [-0.15, -0.1) is 0 Å². The molecule has 0 bridgehead atoms. The molecule has 0 aliphatic heterocycles. The van der Waals surface area contributed by atoms with Crippen LogP contribution in [0.4, 0.5) is 4.79 Å². The van der Waals surface area contributed by atoms with Crippen LogP contribution >= 0.6 is 0 Å². The maximum absolute atomic E-state index is 12.6. The molecule has 0 fully saturated rings. The minimum absolute atomic E-state index is 0. The van der Waals surface area contributed by atoms with Crippen LogP contribution < -0.4 is 16.1 Å². The first kappa shape index (κ1) is 25.9. The fourth-order valence-electron chi connectivity index (χ4n) is 2.16. The summed E-state index contributed by atoms with van der Waals surface area (Å²) in [4.78, 5) is 52.4. The minimum Gasteiger partial charge on any atom is -0.528 e. The van der Waals surface area contributed by atoms with E-state index >= 15 is 0 Å². The number of carbonyl (C=O) groups is 3. The summed E-state index contributed by atoms with van der Waals surface area (Å²) in [5.74, 6) is -0.706. The number of nitrogens with zero attached hydrogens (tertiary/aromatic N) is 1. The van der Waals surface area contributed by atoms with Crippen molar-refractivity contribution in [1.82, 2.24) is 21.0 Å². The van der Waals surface area contributed by atoms with E-state index in [2.05, 4.69) is 10.6 Å². The van der Waals surface area contributed by atoms with Crippen LogP contribution in [0.2, 0.25) is 0 Å². The average Bonchev–Trinajstić information content (AvgIpc) is 2.65. The second kappa shape index (κ2) is 13.1. The van der Waals surface area contributed by atoms with Gasteiger partial charge < -0.3 is 25.1 Å². The van der Waals surface area contributed by atoms with Gasteiger partial charge in [0.05, 0.1) is 0 Å². The van der Waals surface area contributed by atoms with Crippen molar-refractivity contribution in [2.75, 3.05) is 32.8 Å². The average molecular weight is 664 g/mol. The van der Waals surface area contributed by atoms with Crippen molar-refractivity contribution in [3.8, 4) is 0 Å².